The van der Waals surface area contributed by atoms with Crippen molar-refractivity contribution in [2.24, 2.45) is 0 Å². The van der Waals surface area contributed by atoms with Gasteiger partial charge in [0.15, 0.2) is 0 Å². The van der Waals surface area contributed by atoms with Gasteiger partial charge in [0.25, 0.3) is 6.71 Å². The number of aromatic nitrogens is 1. The number of furan rings is 1. The summed E-state index contributed by atoms with van der Waals surface area (Å²) in [6.45, 7) is 13.7. The summed E-state index contributed by atoms with van der Waals surface area (Å²) >= 11 is 0. The maximum atomic E-state index is 7.58. The van der Waals surface area contributed by atoms with Crippen LogP contribution in [0.25, 0.3) is 49.6 Å². The zero-order chi connectivity index (χ0) is 42.6. The monoisotopic (exact) mass is 810 g/mol. The lowest BCUT2D eigenvalue weighted by molar-refractivity contribution is 0.500. The lowest BCUT2D eigenvalue weighted by atomic mass is 9.30. The van der Waals surface area contributed by atoms with Crippen LogP contribution >= 0.6 is 0 Å². The molecule has 8 aromatic carbocycles. The van der Waals surface area contributed by atoms with E-state index in [4.69, 9.17) is 4.42 Å². The third-order valence-electron chi connectivity index (χ3n) is 14.6. The molecule has 2 aromatic heterocycles. The molecule has 0 amide bonds. The maximum Gasteiger partial charge on any atom is 0.252 e. The van der Waals surface area contributed by atoms with Crippen molar-refractivity contribution in [2.45, 2.75) is 57.8 Å². The first-order valence-electron chi connectivity index (χ1n) is 22.5. The summed E-state index contributed by atoms with van der Waals surface area (Å²) < 4.78 is 10.1. The molecule has 3 aliphatic rings. The quantitative estimate of drug-likeness (QED) is 0.162. The molecule has 10 aromatic rings. The molecule has 0 atom stereocenters. The number of hydrogen-bond donors (Lipinski definition) is 0. The number of rotatable bonds is 2. The highest BCUT2D eigenvalue weighted by molar-refractivity contribution is 7.00. The summed E-state index contributed by atoms with van der Waals surface area (Å²) in [6, 6.07) is 66.4. The van der Waals surface area contributed by atoms with Crippen LogP contribution in [0.4, 0.5) is 17.1 Å². The Balaban J connectivity index is 1.25. The minimum absolute atomic E-state index is 0.0271. The van der Waals surface area contributed by atoms with Crippen molar-refractivity contribution in [1.29, 1.82) is 0 Å². The number of benzene rings is 8. The molecule has 0 saturated heterocycles. The molecule has 4 heterocycles. The zero-order valence-electron chi connectivity index (χ0n) is 36.6. The molecule has 0 saturated carbocycles. The van der Waals surface area contributed by atoms with Gasteiger partial charge in [-0.2, -0.15) is 0 Å². The third kappa shape index (κ3) is 4.81. The average Bonchev–Trinajstić information content (AvgIpc) is 3.94. The highest BCUT2D eigenvalue weighted by Gasteiger charge is 2.58. The fourth-order valence-electron chi connectivity index (χ4n) is 11.7. The number of fused-ring (bicyclic) bond motifs is 16. The molecule has 0 unspecified atom stereocenters. The van der Waals surface area contributed by atoms with Gasteiger partial charge in [-0.1, -0.05) is 163 Å². The van der Waals surface area contributed by atoms with E-state index in [0.717, 1.165) is 22.7 Å². The van der Waals surface area contributed by atoms with Crippen LogP contribution in [0.5, 0.6) is 0 Å². The van der Waals surface area contributed by atoms with Crippen molar-refractivity contribution in [3.05, 3.63) is 210 Å². The SMILES string of the molecule is CC(C)(C)c1ccc(N2c3ccccc3B3c4c2cc(-n2c5ccccc5c5ccccc52)cc4C2(c4ccccc4-c4ccccc42)c2oc4ccc(C(C)(C)C)cc4c23)cc1. The average molecular weight is 811 g/mol. The van der Waals surface area contributed by atoms with Gasteiger partial charge in [0.05, 0.1) is 11.0 Å². The van der Waals surface area contributed by atoms with Crippen LogP contribution in [-0.2, 0) is 16.2 Å². The van der Waals surface area contributed by atoms with E-state index in [2.05, 4.69) is 227 Å². The molecule has 63 heavy (non-hydrogen) atoms. The van der Waals surface area contributed by atoms with Crippen molar-refractivity contribution in [1.82, 2.24) is 4.57 Å². The minimum atomic E-state index is -0.743. The van der Waals surface area contributed by atoms with Crippen molar-refractivity contribution in [2.75, 3.05) is 4.90 Å². The third-order valence-corrected chi connectivity index (χ3v) is 14.6. The number of nitrogens with zero attached hydrogens (tertiary/aromatic N) is 2. The molecule has 1 aliphatic carbocycles. The highest BCUT2D eigenvalue weighted by atomic mass is 16.3. The predicted octanol–water partition coefficient (Wildman–Crippen LogP) is 13.1. The van der Waals surface area contributed by atoms with Gasteiger partial charge in [-0.15, -0.1) is 0 Å². The van der Waals surface area contributed by atoms with E-state index < -0.39 is 5.41 Å². The van der Waals surface area contributed by atoms with Gasteiger partial charge in [-0.25, -0.2) is 0 Å². The van der Waals surface area contributed by atoms with Gasteiger partial charge < -0.3 is 13.9 Å². The summed E-state index contributed by atoms with van der Waals surface area (Å²) in [5.41, 5.74) is 20.1. The Hall–Kier alpha value is -7.04. The predicted molar refractivity (Wildman–Crippen MR) is 265 cm³/mol. The summed E-state index contributed by atoms with van der Waals surface area (Å²) in [5, 5.41) is 3.69. The van der Waals surface area contributed by atoms with Crippen LogP contribution in [0.2, 0.25) is 0 Å². The van der Waals surface area contributed by atoms with Crippen molar-refractivity contribution >= 4 is 72.9 Å². The Kier molecular flexibility index (Phi) is 7.29. The molecule has 2 aliphatic heterocycles. The second-order valence-corrected chi connectivity index (χ2v) is 20.1. The molecule has 1 spiro atoms. The van der Waals surface area contributed by atoms with E-state index in [1.807, 2.05) is 0 Å². The Morgan fingerprint density at radius 1 is 0.460 bits per heavy atom. The number of para-hydroxylation sites is 3. The molecule has 302 valence electrons. The number of hydrogen-bond acceptors (Lipinski definition) is 2. The molecule has 0 bridgehead atoms. The summed E-state index contributed by atoms with van der Waals surface area (Å²) in [7, 11) is 0. The fraction of sp³-hybridized carbons (Fsp3) is 0.153. The topological polar surface area (TPSA) is 21.3 Å². The van der Waals surface area contributed by atoms with Gasteiger partial charge in [0, 0.05) is 38.9 Å². The Morgan fingerprint density at radius 2 is 1.03 bits per heavy atom. The zero-order valence-corrected chi connectivity index (χ0v) is 36.6. The molecule has 4 heteroatoms. The second kappa shape index (κ2) is 12.5. The van der Waals surface area contributed by atoms with E-state index >= 15 is 0 Å². The van der Waals surface area contributed by atoms with Crippen LogP contribution in [-0.4, -0.2) is 11.3 Å². The van der Waals surface area contributed by atoms with Gasteiger partial charge in [-0.05, 0) is 121 Å². The van der Waals surface area contributed by atoms with E-state index in [-0.39, 0.29) is 17.5 Å². The molecular formula is C59H47BN2O. The Bertz CT molecular complexity index is 3460. The van der Waals surface area contributed by atoms with Gasteiger partial charge >= 0.3 is 0 Å². The largest absolute Gasteiger partial charge is 0.460 e. The first-order chi connectivity index (χ1) is 30.5. The van der Waals surface area contributed by atoms with E-state index in [0.29, 0.717) is 0 Å². The minimum Gasteiger partial charge on any atom is -0.460 e. The smallest absolute Gasteiger partial charge is 0.252 e. The molecular weight excluding hydrogens is 763 g/mol. The standard InChI is InChI=1S/C59H47BN2O/c1-57(2,3)36-27-30-38(31-28-36)61-51-26-16-13-23-48(51)60-54-44-33-37(58(4,5)6)29-32-53(44)63-56(54)59(45-21-11-7-17-40(45)41-18-8-12-22-46(41)59)47-34-39(35-52(61)55(47)60)62-49-24-14-9-19-42(49)43-20-10-15-25-50(43)62/h7-35H,1-6H3. The maximum absolute atomic E-state index is 7.58. The summed E-state index contributed by atoms with van der Waals surface area (Å²) in [5.74, 6) is 1.03. The first kappa shape index (κ1) is 36.6. The molecule has 0 radical (unpaired) electrons. The van der Waals surface area contributed by atoms with E-state index in [1.54, 1.807) is 0 Å². The normalized spacial score (nSPS) is 14.6. The Labute approximate surface area is 369 Å². The van der Waals surface area contributed by atoms with Crippen LogP contribution in [0.15, 0.2) is 180 Å². The van der Waals surface area contributed by atoms with Gasteiger partial charge in [0.1, 0.15) is 16.8 Å². The molecule has 13 rings (SSSR count). The molecule has 3 nitrogen and oxygen atoms in total. The lowest BCUT2D eigenvalue weighted by Gasteiger charge is -2.45. The van der Waals surface area contributed by atoms with E-state index in [9.17, 15) is 0 Å². The Morgan fingerprint density at radius 3 is 1.68 bits per heavy atom. The summed E-state index contributed by atoms with van der Waals surface area (Å²) in [6.07, 6.45) is 0. The molecule has 0 fully saturated rings. The lowest BCUT2D eigenvalue weighted by Crippen LogP contribution is -2.64. The van der Waals surface area contributed by atoms with Crippen LogP contribution in [0.1, 0.15) is 75.1 Å². The first-order valence-corrected chi connectivity index (χ1v) is 22.5. The van der Waals surface area contributed by atoms with Gasteiger partial charge in [0.2, 0.25) is 0 Å². The van der Waals surface area contributed by atoms with Crippen molar-refractivity contribution < 1.29 is 4.42 Å². The molecule has 0 N–H and O–H groups in total. The van der Waals surface area contributed by atoms with E-state index in [1.165, 1.54) is 93.9 Å². The number of anilines is 3. The van der Waals surface area contributed by atoms with Crippen molar-refractivity contribution in [3.63, 3.8) is 0 Å². The summed E-state index contributed by atoms with van der Waals surface area (Å²) in [4.78, 5) is 2.56. The fourth-order valence-corrected chi connectivity index (χ4v) is 11.7. The van der Waals surface area contributed by atoms with Crippen LogP contribution in [0.3, 0.4) is 0 Å². The highest BCUT2D eigenvalue weighted by Crippen LogP contribution is 2.59. The van der Waals surface area contributed by atoms with Gasteiger partial charge in [-0.3, -0.25) is 0 Å². The van der Waals surface area contributed by atoms with Crippen LogP contribution < -0.4 is 21.3 Å². The van der Waals surface area contributed by atoms with Crippen molar-refractivity contribution in [3.8, 4) is 16.8 Å². The second-order valence-electron chi connectivity index (χ2n) is 20.1. The van der Waals surface area contributed by atoms with Crippen LogP contribution in [0, 0.1) is 0 Å².